The second-order valence-electron chi connectivity index (χ2n) is 6.36. The van der Waals surface area contributed by atoms with Crippen molar-refractivity contribution in [2.45, 2.75) is 33.6 Å². The summed E-state index contributed by atoms with van der Waals surface area (Å²) >= 11 is 0. The molecule has 0 amide bonds. The molecule has 0 saturated heterocycles. The van der Waals surface area contributed by atoms with Gasteiger partial charge in [0.1, 0.15) is 17.4 Å². The average molecular weight is 349 g/mol. The number of nitrogens with one attached hydrogen (secondary N) is 1. The molecule has 0 fully saturated rings. The van der Waals surface area contributed by atoms with Gasteiger partial charge in [-0.15, -0.1) is 0 Å². The number of aromatic amines is 1. The van der Waals surface area contributed by atoms with Crippen LogP contribution in [0.3, 0.4) is 0 Å². The zero-order valence-corrected chi connectivity index (χ0v) is 15.1. The molecule has 4 aromatic rings. The van der Waals surface area contributed by atoms with Crippen LogP contribution in [0.5, 0.6) is 0 Å². The summed E-state index contributed by atoms with van der Waals surface area (Å²) in [6, 6.07) is 10.8. The second kappa shape index (κ2) is 6.41. The lowest BCUT2D eigenvalue weighted by Crippen LogP contribution is -1.92. The Balaban J connectivity index is 2.05. The minimum Gasteiger partial charge on any atom is -0.360 e. The molecule has 132 valence electrons. The Bertz CT molecular complexity index is 1070. The maximum Gasteiger partial charge on any atom is 0.144 e. The van der Waals surface area contributed by atoms with Crippen molar-refractivity contribution in [3.63, 3.8) is 0 Å². The van der Waals surface area contributed by atoms with E-state index < -0.39 is 0 Å². The zero-order valence-electron chi connectivity index (χ0n) is 15.1. The number of hydrogen-bond acceptors (Lipinski definition) is 3. The van der Waals surface area contributed by atoms with E-state index in [2.05, 4.69) is 22.0 Å². The van der Waals surface area contributed by atoms with Crippen LogP contribution in [0.25, 0.3) is 33.3 Å². The quantitative estimate of drug-likeness (QED) is 0.532. The summed E-state index contributed by atoms with van der Waals surface area (Å²) < 4.78 is 20.0. The molecule has 2 heterocycles. The van der Waals surface area contributed by atoms with E-state index in [1.54, 1.807) is 12.1 Å². The third kappa shape index (κ3) is 2.60. The summed E-state index contributed by atoms with van der Waals surface area (Å²) in [5, 5.41) is 4.21. The summed E-state index contributed by atoms with van der Waals surface area (Å²) in [4.78, 5) is 7.86. The van der Waals surface area contributed by atoms with Crippen molar-refractivity contribution in [3.05, 3.63) is 59.5 Å². The smallest absolute Gasteiger partial charge is 0.144 e. The van der Waals surface area contributed by atoms with Crippen molar-refractivity contribution in [2.75, 3.05) is 0 Å². The highest BCUT2D eigenvalue weighted by atomic mass is 19.1. The fraction of sp³-hybridized carbons (Fsp3) is 0.238. The number of benzene rings is 2. The molecule has 1 N–H and O–H groups in total. The summed E-state index contributed by atoms with van der Waals surface area (Å²) in [6.07, 6.45) is 1.52. The van der Waals surface area contributed by atoms with Crippen LogP contribution < -0.4 is 0 Å². The molecule has 0 atom stereocenters. The van der Waals surface area contributed by atoms with Gasteiger partial charge in [-0.3, -0.25) is 0 Å². The number of hydrogen-bond donors (Lipinski definition) is 1. The molecule has 0 aliphatic rings. The highest BCUT2D eigenvalue weighted by Gasteiger charge is 2.19. The first-order valence-corrected chi connectivity index (χ1v) is 8.85. The summed E-state index contributed by atoms with van der Waals surface area (Å²) in [5.74, 6) is 1.38. The number of fused-ring (bicyclic) bond motifs is 1. The van der Waals surface area contributed by atoms with Crippen LogP contribution in [0.15, 0.2) is 40.9 Å². The van der Waals surface area contributed by atoms with Crippen LogP contribution in [-0.2, 0) is 12.8 Å². The van der Waals surface area contributed by atoms with Gasteiger partial charge in [0, 0.05) is 23.1 Å². The van der Waals surface area contributed by atoms with Gasteiger partial charge in [0.05, 0.1) is 16.7 Å². The van der Waals surface area contributed by atoms with E-state index in [1.807, 2.05) is 32.0 Å². The van der Waals surface area contributed by atoms with Crippen LogP contribution in [0.4, 0.5) is 4.39 Å². The van der Waals surface area contributed by atoms with Gasteiger partial charge in [0.2, 0.25) is 0 Å². The van der Waals surface area contributed by atoms with Crippen LogP contribution >= 0.6 is 0 Å². The Kier molecular flexibility index (Phi) is 4.07. The van der Waals surface area contributed by atoms with Crippen molar-refractivity contribution < 1.29 is 8.91 Å². The Hall–Kier alpha value is -2.95. The van der Waals surface area contributed by atoms with E-state index >= 15 is 0 Å². The molecular formula is C21H20FN3O. The molecule has 0 radical (unpaired) electrons. The van der Waals surface area contributed by atoms with Crippen molar-refractivity contribution >= 4 is 11.0 Å². The fourth-order valence-corrected chi connectivity index (χ4v) is 3.44. The lowest BCUT2D eigenvalue weighted by molar-refractivity contribution is 0.381. The van der Waals surface area contributed by atoms with Crippen molar-refractivity contribution in [3.8, 4) is 22.3 Å². The minimum absolute atomic E-state index is 0.261. The predicted octanol–water partition coefficient (Wildman–Crippen LogP) is 5.46. The number of imidazole rings is 1. The molecule has 5 heteroatoms. The van der Waals surface area contributed by atoms with Gasteiger partial charge in [-0.2, -0.15) is 0 Å². The fourth-order valence-electron chi connectivity index (χ4n) is 3.44. The molecule has 2 aromatic heterocycles. The first kappa shape index (κ1) is 16.5. The normalized spacial score (nSPS) is 11.4. The number of nitrogens with zero attached hydrogens (tertiary/aromatic N) is 2. The number of aryl methyl sites for hydroxylation is 3. The standard InChI is InChI=1S/C21H20FN3O/c1-4-17-20(19(5-2)26-25-17)13-10-15(14-8-6-7-9-16(14)22)21-18(11-13)23-12(3)24-21/h6-11H,4-5H2,1-3H3,(H,23,24). The molecule has 0 unspecified atom stereocenters. The average Bonchev–Trinajstić information content (AvgIpc) is 3.23. The maximum atomic E-state index is 14.5. The lowest BCUT2D eigenvalue weighted by atomic mass is 9.95. The second-order valence-corrected chi connectivity index (χ2v) is 6.36. The van der Waals surface area contributed by atoms with E-state index in [-0.39, 0.29) is 5.82 Å². The molecule has 2 aromatic carbocycles. The molecule has 0 aliphatic heterocycles. The van der Waals surface area contributed by atoms with Gasteiger partial charge >= 0.3 is 0 Å². The summed E-state index contributed by atoms with van der Waals surface area (Å²) in [6.45, 7) is 6.00. The van der Waals surface area contributed by atoms with E-state index in [4.69, 9.17) is 4.52 Å². The SMILES string of the molecule is CCc1noc(CC)c1-c1cc(-c2ccccc2F)c2nc(C)[nH]c2c1. The van der Waals surface area contributed by atoms with E-state index in [1.165, 1.54) is 6.07 Å². The highest BCUT2D eigenvalue weighted by Crippen LogP contribution is 2.37. The first-order valence-electron chi connectivity index (χ1n) is 8.85. The predicted molar refractivity (Wildman–Crippen MR) is 100 cm³/mol. The van der Waals surface area contributed by atoms with Crippen molar-refractivity contribution in [1.82, 2.24) is 15.1 Å². The molecule has 26 heavy (non-hydrogen) atoms. The van der Waals surface area contributed by atoms with Crippen molar-refractivity contribution in [2.24, 2.45) is 0 Å². The van der Waals surface area contributed by atoms with Gasteiger partial charge in [-0.25, -0.2) is 9.37 Å². The van der Waals surface area contributed by atoms with E-state index in [0.717, 1.165) is 57.8 Å². The Morgan fingerprint density at radius 3 is 2.62 bits per heavy atom. The van der Waals surface area contributed by atoms with Crippen LogP contribution in [0, 0.1) is 12.7 Å². The van der Waals surface area contributed by atoms with Gasteiger partial charge in [-0.1, -0.05) is 37.2 Å². The van der Waals surface area contributed by atoms with Gasteiger partial charge in [0.25, 0.3) is 0 Å². The van der Waals surface area contributed by atoms with Crippen LogP contribution in [-0.4, -0.2) is 15.1 Å². The molecule has 0 spiro atoms. The molecule has 0 saturated carbocycles. The highest BCUT2D eigenvalue weighted by molar-refractivity contribution is 5.96. The molecule has 4 nitrogen and oxygen atoms in total. The van der Waals surface area contributed by atoms with Gasteiger partial charge in [0.15, 0.2) is 0 Å². The topological polar surface area (TPSA) is 54.7 Å². The molecular weight excluding hydrogens is 329 g/mol. The third-order valence-corrected chi connectivity index (χ3v) is 4.65. The number of halogens is 1. The Labute approximate surface area is 151 Å². The number of rotatable bonds is 4. The minimum atomic E-state index is -0.261. The van der Waals surface area contributed by atoms with Crippen molar-refractivity contribution in [1.29, 1.82) is 0 Å². The van der Waals surface area contributed by atoms with E-state index in [0.29, 0.717) is 5.56 Å². The monoisotopic (exact) mass is 349 g/mol. The lowest BCUT2D eigenvalue weighted by Gasteiger charge is -2.09. The third-order valence-electron chi connectivity index (χ3n) is 4.65. The molecule has 4 rings (SSSR count). The number of aromatic nitrogens is 3. The van der Waals surface area contributed by atoms with Gasteiger partial charge < -0.3 is 9.51 Å². The Morgan fingerprint density at radius 1 is 1.08 bits per heavy atom. The van der Waals surface area contributed by atoms with Gasteiger partial charge in [-0.05, 0) is 37.1 Å². The van der Waals surface area contributed by atoms with Crippen LogP contribution in [0.2, 0.25) is 0 Å². The molecule has 0 aliphatic carbocycles. The van der Waals surface area contributed by atoms with E-state index in [9.17, 15) is 4.39 Å². The maximum absolute atomic E-state index is 14.5. The zero-order chi connectivity index (χ0) is 18.3. The summed E-state index contributed by atoms with van der Waals surface area (Å²) in [5.41, 5.74) is 5.84. The first-order chi connectivity index (χ1) is 12.6. The summed E-state index contributed by atoms with van der Waals surface area (Å²) in [7, 11) is 0. The number of H-pyrrole nitrogens is 1. The Morgan fingerprint density at radius 2 is 1.88 bits per heavy atom. The largest absolute Gasteiger partial charge is 0.360 e. The van der Waals surface area contributed by atoms with Crippen LogP contribution in [0.1, 0.15) is 31.1 Å². The molecule has 0 bridgehead atoms.